The molecule has 3 nitrogen and oxygen atoms in total. The molecule has 1 N–H and O–H groups in total. The van der Waals surface area contributed by atoms with Crippen LogP contribution in [0.3, 0.4) is 0 Å². The first-order valence-electron chi connectivity index (χ1n) is 7.84. The van der Waals surface area contributed by atoms with Crippen molar-refractivity contribution >= 4 is 11.8 Å². The molecule has 0 aliphatic heterocycles. The fourth-order valence-electron chi connectivity index (χ4n) is 4.55. The summed E-state index contributed by atoms with van der Waals surface area (Å²) in [6.07, 6.45) is 4.64. The van der Waals surface area contributed by atoms with Crippen LogP contribution in [0.4, 0.5) is 0 Å². The van der Waals surface area contributed by atoms with Gasteiger partial charge in [-0.25, -0.2) is 0 Å². The highest BCUT2D eigenvalue weighted by Crippen LogP contribution is 2.75. The van der Waals surface area contributed by atoms with E-state index in [0.29, 0.717) is 12.8 Å². The van der Waals surface area contributed by atoms with Crippen LogP contribution in [0, 0.1) is 22.7 Å². The number of rotatable bonds is 5. The zero-order valence-electron chi connectivity index (χ0n) is 14.2. The van der Waals surface area contributed by atoms with E-state index < -0.39 is 11.4 Å². The van der Waals surface area contributed by atoms with E-state index >= 15 is 0 Å². The summed E-state index contributed by atoms with van der Waals surface area (Å²) in [4.78, 5) is 24.5. The topological polar surface area (TPSA) is 54.4 Å². The number of carboxylic acids is 1. The summed E-state index contributed by atoms with van der Waals surface area (Å²) in [5.41, 5.74) is 1.63. The summed E-state index contributed by atoms with van der Waals surface area (Å²) < 4.78 is 0. The van der Waals surface area contributed by atoms with Gasteiger partial charge in [0.2, 0.25) is 0 Å². The zero-order valence-corrected chi connectivity index (χ0v) is 14.2. The summed E-state index contributed by atoms with van der Waals surface area (Å²) in [7, 11) is 0. The lowest BCUT2D eigenvalue weighted by molar-refractivity contribution is -0.147. The van der Waals surface area contributed by atoms with Gasteiger partial charge in [0.25, 0.3) is 0 Å². The molecule has 0 saturated heterocycles. The molecule has 2 aliphatic carbocycles. The molecule has 0 radical (unpaired) electrons. The van der Waals surface area contributed by atoms with E-state index in [1.807, 2.05) is 34.6 Å². The SMILES string of the molecule is C=CCC1=C(C)[C@H]([C@]2(C(=O)O)[C@H](C=C(C)C)C2(C)C)CC1=O. The summed E-state index contributed by atoms with van der Waals surface area (Å²) >= 11 is 0. The average molecular weight is 302 g/mol. The van der Waals surface area contributed by atoms with Gasteiger partial charge in [-0.3, -0.25) is 9.59 Å². The van der Waals surface area contributed by atoms with Crippen LogP contribution in [0.2, 0.25) is 0 Å². The molecule has 0 aromatic heterocycles. The predicted molar refractivity (Wildman–Crippen MR) is 87.4 cm³/mol. The molecule has 0 aromatic rings. The number of Topliss-reactive ketones (excluding diaryl/α,β-unsaturated/α-hetero) is 1. The maximum absolute atomic E-state index is 12.3. The van der Waals surface area contributed by atoms with Crippen LogP contribution < -0.4 is 0 Å². The van der Waals surface area contributed by atoms with Gasteiger partial charge in [0, 0.05) is 18.3 Å². The number of hydrogen-bond acceptors (Lipinski definition) is 2. The summed E-state index contributed by atoms with van der Waals surface area (Å²) in [6.45, 7) is 13.6. The highest BCUT2D eigenvalue weighted by Gasteiger charge is 2.78. The van der Waals surface area contributed by atoms with E-state index in [-0.39, 0.29) is 23.0 Å². The molecule has 22 heavy (non-hydrogen) atoms. The van der Waals surface area contributed by atoms with Crippen molar-refractivity contribution in [2.45, 2.75) is 47.5 Å². The Labute approximate surface area is 132 Å². The lowest BCUT2D eigenvalue weighted by atomic mass is 9.78. The number of carboxylic acid groups (broad SMARTS) is 1. The van der Waals surface area contributed by atoms with Crippen molar-refractivity contribution in [2.24, 2.45) is 22.7 Å². The lowest BCUT2D eigenvalue weighted by Crippen LogP contribution is -2.31. The van der Waals surface area contributed by atoms with Crippen molar-refractivity contribution in [3.8, 4) is 0 Å². The van der Waals surface area contributed by atoms with E-state index in [1.54, 1.807) is 6.08 Å². The van der Waals surface area contributed by atoms with Crippen LogP contribution in [0.5, 0.6) is 0 Å². The maximum atomic E-state index is 12.3. The van der Waals surface area contributed by atoms with Crippen molar-refractivity contribution in [3.63, 3.8) is 0 Å². The standard InChI is InChI=1S/C19H26O3/c1-7-8-13-12(4)14(10-15(13)20)19(17(21)22)16(9-11(2)3)18(19,5)6/h7,9,14,16H,1,8,10H2,2-6H3,(H,21,22)/t14-,16-,19-/m1/s1. The van der Waals surface area contributed by atoms with E-state index in [0.717, 1.165) is 16.7 Å². The van der Waals surface area contributed by atoms with Gasteiger partial charge in [0.15, 0.2) is 5.78 Å². The molecule has 2 rings (SSSR count). The van der Waals surface area contributed by atoms with Gasteiger partial charge in [-0.2, -0.15) is 0 Å². The van der Waals surface area contributed by atoms with Gasteiger partial charge >= 0.3 is 5.97 Å². The Morgan fingerprint density at radius 3 is 2.45 bits per heavy atom. The molecule has 1 saturated carbocycles. The Balaban J connectivity index is 2.53. The smallest absolute Gasteiger partial charge is 0.311 e. The van der Waals surface area contributed by atoms with E-state index in [9.17, 15) is 14.7 Å². The fourth-order valence-corrected chi connectivity index (χ4v) is 4.55. The minimum atomic E-state index is -0.868. The van der Waals surface area contributed by atoms with Crippen LogP contribution in [-0.2, 0) is 9.59 Å². The van der Waals surface area contributed by atoms with Crippen LogP contribution in [-0.4, -0.2) is 16.9 Å². The third kappa shape index (κ3) is 2.02. The normalized spacial score (nSPS) is 32.9. The second-order valence-corrected chi connectivity index (χ2v) is 7.45. The molecule has 0 spiro atoms. The van der Waals surface area contributed by atoms with Crippen molar-refractivity contribution < 1.29 is 14.7 Å². The third-order valence-corrected chi connectivity index (χ3v) is 5.73. The lowest BCUT2D eigenvalue weighted by Gasteiger charge is -2.24. The van der Waals surface area contributed by atoms with Gasteiger partial charge in [-0.05, 0) is 38.2 Å². The monoisotopic (exact) mass is 302 g/mol. The van der Waals surface area contributed by atoms with Crippen LogP contribution in [0.15, 0.2) is 35.5 Å². The van der Waals surface area contributed by atoms with Gasteiger partial charge < -0.3 is 5.11 Å². The third-order valence-electron chi connectivity index (χ3n) is 5.73. The van der Waals surface area contributed by atoms with Crippen LogP contribution in [0.25, 0.3) is 0 Å². The largest absolute Gasteiger partial charge is 0.481 e. The molecule has 0 aromatic carbocycles. The number of carbonyl (C=O) groups excluding carboxylic acids is 1. The second kappa shape index (κ2) is 5.22. The average Bonchev–Trinajstić information content (AvgIpc) is 2.73. The molecule has 0 heterocycles. The van der Waals surface area contributed by atoms with Crippen LogP contribution in [0.1, 0.15) is 47.5 Å². The van der Waals surface area contributed by atoms with Crippen LogP contribution >= 0.6 is 0 Å². The number of hydrogen-bond donors (Lipinski definition) is 1. The molecular weight excluding hydrogens is 276 g/mol. The first kappa shape index (κ1) is 16.7. The Hall–Kier alpha value is -1.64. The Bertz CT molecular complexity index is 602. The molecule has 0 amide bonds. The van der Waals surface area contributed by atoms with E-state index in [1.165, 1.54) is 0 Å². The molecular formula is C19H26O3. The molecule has 2 aliphatic rings. The number of carbonyl (C=O) groups is 2. The van der Waals surface area contributed by atoms with E-state index in [4.69, 9.17) is 0 Å². The zero-order chi connectivity index (χ0) is 16.9. The van der Waals surface area contributed by atoms with Crippen molar-refractivity contribution in [2.75, 3.05) is 0 Å². The summed E-state index contributed by atoms with van der Waals surface area (Å²) in [5.74, 6) is -0.931. The fraction of sp³-hybridized carbons (Fsp3) is 0.579. The molecule has 0 bridgehead atoms. The van der Waals surface area contributed by atoms with Crippen molar-refractivity contribution in [1.29, 1.82) is 0 Å². The Kier molecular flexibility index (Phi) is 3.97. The minimum absolute atomic E-state index is 0.0293. The van der Waals surface area contributed by atoms with Crippen molar-refractivity contribution in [1.82, 2.24) is 0 Å². The minimum Gasteiger partial charge on any atom is -0.481 e. The maximum Gasteiger partial charge on any atom is 0.311 e. The molecule has 3 atom stereocenters. The first-order valence-corrected chi connectivity index (χ1v) is 7.84. The molecule has 3 heteroatoms. The highest BCUT2D eigenvalue weighted by atomic mass is 16.4. The second-order valence-electron chi connectivity index (χ2n) is 7.45. The molecule has 1 fully saturated rings. The van der Waals surface area contributed by atoms with Gasteiger partial charge in [0.05, 0.1) is 5.41 Å². The predicted octanol–water partition coefficient (Wildman–Crippen LogP) is 4.16. The first-order chi connectivity index (χ1) is 10.1. The van der Waals surface area contributed by atoms with Gasteiger partial charge in [0.1, 0.15) is 0 Å². The number of allylic oxidation sites excluding steroid dienone is 5. The summed E-state index contributed by atoms with van der Waals surface area (Å²) in [5, 5.41) is 10.0. The number of aliphatic carboxylic acids is 1. The summed E-state index contributed by atoms with van der Waals surface area (Å²) in [6, 6.07) is 0. The molecule has 120 valence electrons. The van der Waals surface area contributed by atoms with Gasteiger partial charge in [-0.15, -0.1) is 6.58 Å². The quantitative estimate of drug-likeness (QED) is 0.776. The van der Waals surface area contributed by atoms with Crippen molar-refractivity contribution in [3.05, 3.63) is 35.5 Å². The van der Waals surface area contributed by atoms with Gasteiger partial charge in [-0.1, -0.05) is 37.1 Å². The Morgan fingerprint density at radius 2 is 2.00 bits per heavy atom. The highest BCUT2D eigenvalue weighted by molar-refractivity contribution is 6.00. The number of ketones is 1. The van der Waals surface area contributed by atoms with E-state index in [2.05, 4.69) is 12.7 Å². The molecule has 0 unspecified atom stereocenters. The Morgan fingerprint density at radius 1 is 1.41 bits per heavy atom.